The highest BCUT2D eigenvalue weighted by Crippen LogP contribution is 2.41. The van der Waals surface area contributed by atoms with Crippen LogP contribution in [0.3, 0.4) is 0 Å². The van der Waals surface area contributed by atoms with Crippen LogP contribution in [0.1, 0.15) is 39.0 Å². The second-order valence-corrected chi connectivity index (χ2v) is 5.38. The first-order chi connectivity index (χ1) is 8.77. The zero-order valence-electron chi connectivity index (χ0n) is 10.8. The number of halogens is 3. The molecule has 0 spiro atoms. The number of nitrogens with two attached hydrogens (primary N) is 1. The third kappa shape index (κ3) is 4.33. The summed E-state index contributed by atoms with van der Waals surface area (Å²) in [4.78, 5) is 12.1. The number of alkyl halides is 3. The average molecular weight is 296 g/mol. The Balaban J connectivity index is 2.75. The quantitative estimate of drug-likeness (QED) is 0.784. The molecule has 0 saturated heterocycles. The Morgan fingerprint density at radius 2 is 2.00 bits per heavy atom. The van der Waals surface area contributed by atoms with E-state index in [1.807, 2.05) is 0 Å². The lowest BCUT2D eigenvalue weighted by Crippen LogP contribution is -2.49. The molecule has 3 nitrogen and oxygen atoms in total. The van der Waals surface area contributed by atoms with Crippen LogP contribution in [0.5, 0.6) is 0 Å². The number of thiocarbonyl (C=S) groups is 1. The molecule has 1 rings (SSSR count). The summed E-state index contributed by atoms with van der Waals surface area (Å²) in [7, 11) is 0. The van der Waals surface area contributed by atoms with E-state index in [1.165, 1.54) is 0 Å². The number of carbonyl (C=O) groups excluding carboxylic acids is 1. The van der Waals surface area contributed by atoms with Crippen LogP contribution in [0.2, 0.25) is 0 Å². The Morgan fingerprint density at radius 3 is 2.47 bits per heavy atom. The van der Waals surface area contributed by atoms with E-state index in [1.54, 1.807) is 6.92 Å². The Kier molecular flexibility index (Phi) is 5.58. The first kappa shape index (κ1) is 16.2. The molecule has 0 aromatic rings. The number of carbonyl (C=O) groups is 1. The van der Waals surface area contributed by atoms with E-state index in [-0.39, 0.29) is 17.8 Å². The lowest BCUT2D eigenvalue weighted by Gasteiger charge is -2.32. The predicted molar refractivity (Wildman–Crippen MR) is 70.5 cm³/mol. The van der Waals surface area contributed by atoms with Crippen molar-refractivity contribution in [2.75, 3.05) is 0 Å². The van der Waals surface area contributed by atoms with Gasteiger partial charge in [-0.15, -0.1) is 0 Å². The van der Waals surface area contributed by atoms with Gasteiger partial charge in [0.25, 0.3) is 0 Å². The first-order valence-electron chi connectivity index (χ1n) is 6.43. The third-order valence-electron chi connectivity index (χ3n) is 3.59. The number of nitrogens with one attached hydrogen (secondary N) is 1. The van der Waals surface area contributed by atoms with E-state index in [4.69, 9.17) is 18.0 Å². The van der Waals surface area contributed by atoms with Crippen molar-refractivity contribution in [1.82, 2.24) is 5.32 Å². The summed E-state index contributed by atoms with van der Waals surface area (Å²) in [6, 6.07) is -0.529. The van der Waals surface area contributed by atoms with Crippen LogP contribution in [0, 0.1) is 11.8 Å². The molecule has 19 heavy (non-hydrogen) atoms. The smallest absolute Gasteiger partial charge is 0.392 e. The van der Waals surface area contributed by atoms with Gasteiger partial charge in [-0.25, -0.2) is 0 Å². The summed E-state index contributed by atoms with van der Waals surface area (Å²) in [5.74, 6) is -3.15. The number of rotatable bonds is 4. The molecule has 0 aromatic carbocycles. The van der Waals surface area contributed by atoms with E-state index in [0.29, 0.717) is 19.3 Å². The summed E-state index contributed by atoms with van der Waals surface area (Å²) in [5.41, 5.74) is 5.44. The van der Waals surface area contributed by atoms with Crippen molar-refractivity contribution < 1.29 is 18.0 Å². The molecule has 1 saturated carbocycles. The predicted octanol–water partition coefficient (Wildman–Crippen LogP) is 2.54. The van der Waals surface area contributed by atoms with Gasteiger partial charge in [0, 0.05) is 5.92 Å². The number of hydrogen-bond acceptors (Lipinski definition) is 2. The summed E-state index contributed by atoms with van der Waals surface area (Å²) in [6.07, 6.45) is -2.40. The molecule has 1 aliphatic carbocycles. The van der Waals surface area contributed by atoms with Gasteiger partial charge in [-0.2, -0.15) is 13.2 Å². The fraction of sp³-hybridized carbons (Fsp3) is 0.833. The van der Waals surface area contributed by atoms with Gasteiger partial charge in [0.1, 0.15) is 0 Å². The molecule has 0 radical (unpaired) electrons. The highest BCUT2D eigenvalue weighted by molar-refractivity contribution is 7.80. The van der Waals surface area contributed by atoms with Crippen molar-refractivity contribution in [3.8, 4) is 0 Å². The monoisotopic (exact) mass is 296 g/mol. The lowest BCUT2D eigenvalue weighted by molar-refractivity contribution is -0.198. The van der Waals surface area contributed by atoms with Gasteiger partial charge in [0.15, 0.2) is 0 Å². The van der Waals surface area contributed by atoms with E-state index in [0.717, 1.165) is 0 Å². The largest absolute Gasteiger partial charge is 0.392 e. The van der Waals surface area contributed by atoms with Gasteiger partial charge in [-0.05, 0) is 19.3 Å². The molecule has 7 heteroatoms. The maximum Gasteiger partial charge on any atom is 0.392 e. The molecule has 3 N–H and O–H groups in total. The third-order valence-corrected chi connectivity index (χ3v) is 3.88. The summed E-state index contributed by atoms with van der Waals surface area (Å²) >= 11 is 4.78. The molecule has 110 valence electrons. The summed E-state index contributed by atoms with van der Waals surface area (Å²) in [6.45, 7) is 1.77. The van der Waals surface area contributed by atoms with Gasteiger partial charge < -0.3 is 11.1 Å². The molecule has 3 atom stereocenters. The van der Waals surface area contributed by atoms with Crippen molar-refractivity contribution in [1.29, 1.82) is 0 Å². The van der Waals surface area contributed by atoms with Crippen molar-refractivity contribution in [3.05, 3.63) is 0 Å². The van der Waals surface area contributed by atoms with Crippen molar-refractivity contribution >= 4 is 23.1 Å². The SMILES string of the molecule is CCC(NC(=O)C1CCCCC1C(F)(F)F)C(N)=S. The van der Waals surface area contributed by atoms with Crippen LogP contribution in [0.15, 0.2) is 0 Å². The van der Waals surface area contributed by atoms with Crippen LogP contribution in [-0.4, -0.2) is 23.1 Å². The van der Waals surface area contributed by atoms with Crippen LogP contribution < -0.4 is 11.1 Å². The molecule has 0 heterocycles. The van der Waals surface area contributed by atoms with Gasteiger partial charge in [-0.1, -0.05) is 32.0 Å². The minimum absolute atomic E-state index is 0.0193. The van der Waals surface area contributed by atoms with Crippen LogP contribution in [0.4, 0.5) is 13.2 Å². The fourth-order valence-electron chi connectivity index (χ4n) is 2.49. The maximum atomic E-state index is 12.9. The zero-order chi connectivity index (χ0) is 14.6. The van der Waals surface area contributed by atoms with E-state index in [9.17, 15) is 18.0 Å². The Morgan fingerprint density at radius 1 is 1.42 bits per heavy atom. The first-order valence-corrected chi connectivity index (χ1v) is 6.84. The second kappa shape index (κ2) is 6.54. The summed E-state index contributed by atoms with van der Waals surface area (Å²) in [5, 5.41) is 2.53. The molecule has 1 aliphatic rings. The van der Waals surface area contributed by atoms with Crippen molar-refractivity contribution in [3.63, 3.8) is 0 Å². The number of hydrogen-bond donors (Lipinski definition) is 2. The molecule has 3 unspecified atom stereocenters. The Hall–Kier alpha value is -0.850. The molecule has 0 aromatic heterocycles. The molecule has 0 bridgehead atoms. The van der Waals surface area contributed by atoms with Gasteiger partial charge in [-0.3, -0.25) is 4.79 Å². The van der Waals surface area contributed by atoms with Crippen molar-refractivity contribution in [2.24, 2.45) is 17.6 Å². The normalized spacial score (nSPS) is 25.7. The number of amides is 1. The van der Waals surface area contributed by atoms with Gasteiger partial charge >= 0.3 is 6.18 Å². The zero-order valence-corrected chi connectivity index (χ0v) is 11.6. The van der Waals surface area contributed by atoms with Crippen LogP contribution >= 0.6 is 12.2 Å². The molecular formula is C12H19F3N2OS. The Bertz CT molecular complexity index is 346. The molecule has 1 fully saturated rings. The molecular weight excluding hydrogens is 277 g/mol. The lowest BCUT2D eigenvalue weighted by atomic mass is 9.78. The van der Waals surface area contributed by atoms with Gasteiger partial charge in [0.05, 0.1) is 16.9 Å². The molecule has 1 amide bonds. The second-order valence-electron chi connectivity index (χ2n) is 4.91. The van der Waals surface area contributed by atoms with Crippen LogP contribution in [0.25, 0.3) is 0 Å². The van der Waals surface area contributed by atoms with Gasteiger partial charge in [0.2, 0.25) is 5.91 Å². The summed E-state index contributed by atoms with van der Waals surface area (Å²) < 4.78 is 38.7. The topological polar surface area (TPSA) is 55.1 Å². The fourth-order valence-corrected chi connectivity index (χ4v) is 2.72. The standard InChI is InChI=1S/C12H19F3N2OS/c1-2-9(10(16)19)17-11(18)7-5-3-4-6-8(7)12(13,14)15/h7-9H,2-6H2,1H3,(H2,16,19)(H,17,18). The average Bonchev–Trinajstić information content (AvgIpc) is 2.34. The Labute approximate surface area is 116 Å². The highest BCUT2D eigenvalue weighted by Gasteiger charge is 2.48. The molecule has 0 aliphatic heterocycles. The minimum atomic E-state index is -4.33. The van der Waals surface area contributed by atoms with E-state index in [2.05, 4.69) is 5.32 Å². The van der Waals surface area contributed by atoms with E-state index < -0.39 is 30.0 Å². The van der Waals surface area contributed by atoms with Crippen LogP contribution in [-0.2, 0) is 4.79 Å². The minimum Gasteiger partial charge on any atom is -0.392 e. The maximum absolute atomic E-state index is 12.9. The highest BCUT2D eigenvalue weighted by atomic mass is 32.1. The van der Waals surface area contributed by atoms with Crippen molar-refractivity contribution in [2.45, 2.75) is 51.2 Å². The van der Waals surface area contributed by atoms with E-state index >= 15 is 0 Å².